The van der Waals surface area contributed by atoms with Crippen LogP contribution in [0.2, 0.25) is 5.02 Å². The van der Waals surface area contributed by atoms with Gasteiger partial charge in [-0.2, -0.15) is 5.10 Å². The molecule has 2 aromatic carbocycles. The Balaban J connectivity index is 1.78. The van der Waals surface area contributed by atoms with Gasteiger partial charge < -0.3 is 4.74 Å². The van der Waals surface area contributed by atoms with Gasteiger partial charge in [-0.15, -0.1) is 0 Å². The van der Waals surface area contributed by atoms with Crippen LogP contribution in [0.4, 0.5) is 0 Å². The summed E-state index contributed by atoms with van der Waals surface area (Å²) in [7, 11) is 0. The number of hydrazone groups is 1. The fourth-order valence-corrected chi connectivity index (χ4v) is 2.27. The van der Waals surface area contributed by atoms with Crippen LogP contribution in [0, 0.1) is 0 Å². The second-order valence-electron chi connectivity index (χ2n) is 5.52. The van der Waals surface area contributed by atoms with Crippen molar-refractivity contribution in [2.45, 2.75) is 26.2 Å². The predicted octanol–water partition coefficient (Wildman–Crippen LogP) is 4.38. The van der Waals surface area contributed by atoms with E-state index in [1.54, 1.807) is 12.1 Å². The van der Waals surface area contributed by atoms with Crippen molar-refractivity contribution >= 4 is 23.7 Å². The first-order valence-corrected chi connectivity index (χ1v) is 8.26. The highest BCUT2D eigenvalue weighted by Crippen LogP contribution is 2.21. The Morgan fingerprint density at radius 3 is 2.71 bits per heavy atom. The first-order valence-electron chi connectivity index (χ1n) is 7.88. The SMILES string of the molecule is CC[C@@H](C)c1ccc(OCC(=O)N/N=C\c2cccc(Cl)c2)cc1. The number of nitrogens with zero attached hydrogens (tertiary/aromatic N) is 1. The Hall–Kier alpha value is -2.33. The van der Waals surface area contributed by atoms with Gasteiger partial charge in [-0.25, -0.2) is 5.43 Å². The van der Waals surface area contributed by atoms with E-state index in [0.29, 0.717) is 16.7 Å². The highest BCUT2D eigenvalue weighted by molar-refractivity contribution is 6.30. The van der Waals surface area contributed by atoms with Gasteiger partial charge in [0.25, 0.3) is 5.91 Å². The molecule has 0 aliphatic rings. The molecule has 0 spiro atoms. The lowest BCUT2D eigenvalue weighted by molar-refractivity contribution is -0.123. The molecule has 2 rings (SSSR count). The molecule has 4 nitrogen and oxygen atoms in total. The van der Waals surface area contributed by atoms with Gasteiger partial charge in [-0.3, -0.25) is 4.79 Å². The summed E-state index contributed by atoms with van der Waals surface area (Å²) in [4.78, 5) is 11.7. The van der Waals surface area contributed by atoms with E-state index in [9.17, 15) is 4.79 Å². The number of nitrogens with one attached hydrogen (secondary N) is 1. The average Bonchev–Trinajstić information content (AvgIpc) is 2.60. The summed E-state index contributed by atoms with van der Waals surface area (Å²) in [6, 6.07) is 15.0. The Labute approximate surface area is 147 Å². The highest BCUT2D eigenvalue weighted by atomic mass is 35.5. The Morgan fingerprint density at radius 2 is 2.04 bits per heavy atom. The van der Waals surface area contributed by atoms with Gasteiger partial charge in [0.1, 0.15) is 5.75 Å². The average molecular weight is 345 g/mol. The van der Waals surface area contributed by atoms with Crippen molar-refractivity contribution in [3.05, 3.63) is 64.7 Å². The molecule has 0 saturated heterocycles. The van der Waals surface area contributed by atoms with Crippen LogP contribution in [0.1, 0.15) is 37.3 Å². The van der Waals surface area contributed by atoms with Gasteiger partial charge in [0.2, 0.25) is 0 Å². The number of benzene rings is 2. The van der Waals surface area contributed by atoms with Crippen LogP contribution in [-0.4, -0.2) is 18.7 Å². The van der Waals surface area contributed by atoms with Gasteiger partial charge in [0, 0.05) is 5.02 Å². The molecular formula is C19H21ClN2O2. The van der Waals surface area contributed by atoms with Crippen LogP contribution in [0.25, 0.3) is 0 Å². The van der Waals surface area contributed by atoms with E-state index < -0.39 is 0 Å². The van der Waals surface area contributed by atoms with Crippen molar-refractivity contribution in [1.29, 1.82) is 0 Å². The molecule has 0 aliphatic carbocycles. The number of carbonyl (C=O) groups excluding carboxylic acids is 1. The standard InChI is InChI=1S/C19H21ClN2O2/c1-3-14(2)16-7-9-18(10-8-16)24-13-19(23)22-21-12-15-5-4-6-17(20)11-15/h4-12,14H,3,13H2,1-2H3,(H,22,23)/b21-12-/t14-/m1/s1. The molecule has 0 aromatic heterocycles. The molecule has 0 unspecified atom stereocenters. The number of rotatable bonds is 7. The number of halogens is 1. The summed E-state index contributed by atoms with van der Waals surface area (Å²) in [5.74, 6) is 0.860. The normalized spacial score (nSPS) is 12.1. The second kappa shape index (κ2) is 9.08. The summed E-state index contributed by atoms with van der Waals surface area (Å²) in [5, 5.41) is 4.50. The fourth-order valence-electron chi connectivity index (χ4n) is 2.08. The molecular weight excluding hydrogens is 324 g/mol. The van der Waals surface area contributed by atoms with Gasteiger partial charge in [-0.05, 0) is 47.7 Å². The zero-order chi connectivity index (χ0) is 17.4. The molecule has 0 aliphatic heterocycles. The molecule has 2 aromatic rings. The third-order valence-corrected chi connectivity index (χ3v) is 3.92. The van der Waals surface area contributed by atoms with Gasteiger partial charge >= 0.3 is 0 Å². The maximum absolute atomic E-state index is 11.7. The molecule has 1 N–H and O–H groups in total. The first kappa shape index (κ1) is 18.0. The highest BCUT2D eigenvalue weighted by Gasteiger charge is 2.04. The topological polar surface area (TPSA) is 50.7 Å². The van der Waals surface area contributed by atoms with Gasteiger partial charge in [0.15, 0.2) is 6.61 Å². The summed E-state index contributed by atoms with van der Waals surface area (Å²) in [6.07, 6.45) is 2.62. The molecule has 1 amide bonds. The minimum absolute atomic E-state index is 0.0877. The first-order chi connectivity index (χ1) is 11.6. The van der Waals surface area contributed by atoms with E-state index in [1.807, 2.05) is 36.4 Å². The zero-order valence-corrected chi connectivity index (χ0v) is 14.6. The number of carbonyl (C=O) groups is 1. The van der Waals surface area contributed by atoms with Crippen LogP contribution < -0.4 is 10.2 Å². The third kappa shape index (κ3) is 5.70. The predicted molar refractivity (Wildman–Crippen MR) is 97.8 cm³/mol. The molecule has 0 saturated carbocycles. The van der Waals surface area contributed by atoms with E-state index in [-0.39, 0.29) is 12.5 Å². The molecule has 126 valence electrons. The molecule has 0 radical (unpaired) electrons. The van der Waals surface area contributed by atoms with Crippen molar-refractivity contribution in [1.82, 2.24) is 5.43 Å². The van der Waals surface area contributed by atoms with Gasteiger partial charge in [-0.1, -0.05) is 49.7 Å². The van der Waals surface area contributed by atoms with Crippen LogP contribution in [-0.2, 0) is 4.79 Å². The molecule has 0 fully saturated rings. The molecule has 0 heterocycles. The van der Waals surface area contributed by atoms with E-state index in [1.165, 1.54) is 11.8 Å². The zero-order valence-electron chi connectivity index (χ0n) is 13.8. The van der Waals surface area contributed by atoms with E-state index in [0.717, 1.165) is 12.0 Å². The smallest absolute Gasteiger partial charge is 0.277 e. The lowest BCUT2D eigenvalue weighted by Gasteiger charge is -2.10. The largest absolute Gasteiger partial charge is 0.484 e. The lowest BCUT2D eigenvalue weighted by atomic mass is 9.99. The maximum Gasteiger partial charge on any atom is 0.277 e. The summed E-state index contributed by atoms with van der Waals surface area (Å²) in [5.41, 5.74) is 4.50. The van der Waals surface area contributed by atoms with Gasteiger partial charge in [0.05, 0.1) is 6.21 Å². The van der Waals surface area contributed by atoms with Crippen molar-refractivity contribution in [3.63, 3.8) is 0 Å². The van der Waals surface area contributed by atoms with Crippen LogP contribution in [0.5, 0.6) is 5.75 Å². The third-order valence-electron chi connectivity index (χ3n) is 3.68. The van der Waals surface area contributed by atoms with Crippen molar-refractivity contribution in [2.75, 3.05) is 6.61 Å². The number of hydrogen-bond donors (Lipinski definition) is 1. The summed E-state index contributed by atoms with van der Waals surface area (Å²) in [6.45, 7) is 4.25. The van der Waals surface area contributed by atoms with Crippen molar-refractivity contribution < 1.29 is 9.53 Å². The van der Waals surface area contributed by atoms with Crippen LogP contribution in [0.15, 0.2) is 53.6 Å². The van der Waals surface area contributed by atoms with E-state index in [4.69, 9.17) is 16.3 Å². The lowest BCUT2D eigenvalue weighted by Crippen LogP contribution is -2.24. The van der Waals surface area contributed by atoms with Crippen molar-refractivity contribution in [2.24, 2.45) is 5.10 Å². The van der Waals surface area contributed by atoms with E-state index in [2.05, 4.69) is 24.4 Å². The quantitative estimate of drug-likeness (QED) is 0.598. The Kier molecular flexibility index (Phi) is 6.82. The second-order valence-corrected chi connectivity index (χ2v) is 5.95. The van der Waals surface area contributed by atoms with Crippen LogP contribution in [0.3, 0.4) is 0 Å². The van der Waals surface area contributed by atoms with E-state index >= 15 is 0 Å². The summed E-state index contributed by atoms with van der Waals surface area (Å²) < 4.78 is 5.45. The fraction of sp³-hybridized carbons (Fsp3) is 0.263. The summed E-state index contributed by atoms with van der Waals surface area (Å²) >= 11 is 5.87. The number of hydrogen-bond acceptors (Lipinski definition) is 3. The number of ether oxygens (including phenoxy) is 1. The molecule has 24 heavy (non-hydrogen) atoms. The monoisotopic (exact) mass is 344 g/mol. The minimum atomic E-state index is -0.320. The number of amides is 1. The minimum Gasteiger partial charge on any atom is -0.484 e. The Morgan fingerprint density at radius 1 is 1.29 bits per heavy atom. The van der Waals surface area contributed by atoms with Crippen LogP contribution >= 0.6 is 11.6 Å². The molecule has 0 bridgehead atoms. The molecule has 5 heteroatoms. The Bertz CT molecular complexity index is 699. The van der Waals surface area contributed by atoms with Crippen molar-refractivity contribution in [3.8, 4) is 5.75 Å². The molecule has 1 atom stereocenters. The maximum atomic E-state index is 11.7.